The van der Waals surface area contributed by atoms with Gasteiger partial charge in [-0.05, 0) is 24.3 Å². The van der Waals surface area contributed by atoms with E-state index >= 15 is 0 Å². The lowest BCUT2D eigenvalue weighted by Crippen LogP contribution is -2.03. The Balaban J connectivity index is 2.16. The van der Waals surface area contributed by atoms with Crippen molar-refractivity contribution in [2.24, 2.45) is 0 Å². The SMILES string of the molecule is Fc1cccc2c1c1c(F)cccc1n2CC1CO1. The van der Waals surface area contributed by atoms with Gasteiger partial charge in [0.15, 0.2) is 0 Å². The van der Waals surface area contributed by atoms with Gasteiger partial charge in [-0.3, -0.25) is 0 Å². The van der Waals surface area contributed by atoms with Gasteiger partial charge >= 0.3 is 0 Å². The number of rotatable bonds is 2. The van der Waals surface area contributed by atoms with Crippen molar-refractivity contribution in [1.82, 2.24) is 4.57 Å². The summed E-state index contributed by atoms with van der Waals surface area (Å²) in [5.41, 5.74) is 1.44. The van der Waals surface area contributed by atoms with Crippen LogP contribution in [0.1, 0.15) is 0 Å². The number of epoxide rings is 1. The minimum Gasteiger partial charge on any atom is -0.371 e. The fraction of sp³-hybridized carbons (Fsp3) is 0.200. The van der Waals surface area contributed by atoms with Gasteiger partial charge < -0.3 is 9.30 Å². The molecule has 2 nitrogen and oxygen atoms in total. The first kappa shape index (κ1) is 10.9. The maximum Gasteiger partial charge on any atom is 0.133 e. The molecule has 0 aliphatic carbocycles. The molecule has 1 aliphatic heterocycles. The van der Waals surface area contributed by atoms with Crippen molar-refractivity contribution in [3.8, 4) is 0 Å². The third kappa shape index (κ3) is 1.56. The maximum absolute atomic E-state index is 14.1. The first-order chi connectivity index (χ1) is 9.25. The van der Waals surface area contributed by atoms with Crippen LogP contribution in [0.3, 0.4) is 0 Å². The largest absolute Gasteiger partial charge is 0.371 e. The van der Waals surface area contributed by atoms with Crippen molar-refractivity contribution in [1.29, 1.82) is 0 Å². The molecule has 0 bridgehead atoms. The molecule has 0 saturated carbocycles. The van der Waals surface area contributed by atoms with Crippen LogP contribution < -0.4 is 0 Å². The van der Waals surface area contributed by atoms with Crippen molar-refractivity contribution < 1.29 is 13.5 Å². The Morgan fingerprint density at radius 1 is 1.00 bits per heavy atom. The topological polar surface area (TPSA) is 17.5 Å². The number of benzene rings is 2. The van der Waals surface area contributed by atoms with Gasteiger partial charge in [0.05, 0.1) is 30.3 Å². The van der Waals surface area contributed by atoms with Crippen molar-refractivity contribution >= 4 is 21.8 Å². The lowest BCUT2D eigenvalue weighted by molar-refractivity contribution is 0.387. The molecular weight excluding hydrogens is 248 g/mol. The first-order valence-corrected chi connectivity index (χ1v) is 6.22. The minimum absolute atomic E-state index is 0.158. The van der Waals surface area contributed by atoms with Crippen LogP contribution in [0.4, 0.5) is 8.78 Å². The van der Waals surface area contributed by atoms with Crippen molar-refractivity contribution in [2.75, 3.05) is 6.61 Å². The zero-order valence-corrected chi connectivity index (χ0v) is 10.1. The van der Waals surface area contributed by atoms with Gasteiger partial charge in [0.1, 0.15) is 11.6 Å². The van der Waals surface area contributed by atoms with E-state index in [-0.39, 0.29) is 17.7 Å². The molecule has 3 aromatic rings. The highest BCUT2D eigenvalue weighted by Gasteiger charge is 2.26. The Kier molecular flexibility index (Phi) is 2.17. The van der Waals surface area contributed by atoms with Crippen LogP contribution >= 0.6 is 0 Å². The number of aromatic nitrogens is 1. The molecule has 0 spiro atoms. The lowest BCUT2D eigenvalue weighted by atomic mass is 10.1. The molecule has 19 heavy (non-hydrogen) atoms. The van der Waals surface area contributed by atoms with Crippen molar-refractivity contribution in [3.05, 3.63) is 48.0 Å². The summed E-state index contributed by atoms with van der Waals surface area (Å²) in [6.07, 6.45) is 0.158. The minimum atomic E-state index is -0.386. The third-order valence-corrected chi connectivity index (χ3v) is 3.60. The van der Waals surface area contributed by atoms with Crippen LogP contribution in [0.15, 0.2) is 36.4 Å². The quantitative estimate of drug-likeness (QED) is 0.644. The fourth-order valence-corrected chi connectivity index (χ4v) is 2.67. The highest BCUT2D eigenvalue weighted by Crippen LogP contribution is 2.33. The van der Waals surface area contributed by atoms with Crippen LogP contribution in [0.2, 0.25) is 0 Å². The van der Waals surface area contributed by atoms with Crippen LogP contribution in [-0.2, 0) is 11.3 Å². The highest BCUT2D eigenvalue weighted by atomic mass is 19.1. The van der Waals surface area contributed by atoms with Gasteiger partial charge in [-0.1, -0.05) is 12.1 Å². The molecule has 2 aromatic carbocycles. The Morgan fingerprint density at radius 3 is 2.00 bits per heavy atom. The summed E-state index contributed by atoms with van der Waals surface area (Å²) in [6.45, 7) is 1.35. The second-order valence-corrected chi connectivity index (χ2v) is 4.83. The lowest BCUT2D eigenvalue weighted by Gasteiger charge is -2.04. The predicted octanol–water partition coefficient (Wildman–Crippen LogP) is 3.47. The zero-order valence-electron chi connectivity index (χ0n) is 10.1. The van der Waals surface area contributed by atoms with Crippen LogP contribution in [0.5, 0.6) is 0 Å². The van der Waals surface area contributed by atoms with Crippen molar-refractivity contribution in [2.45, 2.75) is 12.6 Å². The van der Waals surface area contributed by atoms with Crippen LogP contribution in [-0.4, -0.2) is 17.3 Å². The molecule has 1 aliphatic rings. The molecule has 2 heterocycles. The maximum atomic E-state index is 14.1. The van der Waals surface area contributed by atoms with Gasteiger partial charge in [0, 0.05) is 10.8 Å². The summed E-state index contributed by atoms with van der Waals surface area (Å²) in [4.78, 5) is 0. The number of halogens is 2. The average Bonchev–Trinajstić information content (AvgIpc) is 3.14. The third-order valence-electron chi connectivity index (χ3n) is 3.60. The summed E-state index contributed by atoms with van der Waals surface area (Å²) >= 11 is 0. The number of fused-ring (bicyclic) bond motifs is 3. The highest BCUT2D eigenvalue weighted by molar-refractivity contribution is 6.08. The molecular formula is C15H11F2NO. The number of hydrogen-bond donors (Lipinski definition) is 0. The van der Waals surface area contributed by atoms with Gasteiger partial charge in [-0.2, -0.15) is 0 Å². The Hall–Kier alpha value is -1.94. The summed E-state index contributed by atoms with van der Waals surface area (Å²) in [5, 5.41) is 0.715. The zero-order chi connectivity index (χ0) is 13.0. The van der Waals surface area contributed by atoms with Gasteiger partial charge in [0.25, 0.3) is 0 Å². The van der Waals surface area contributed by atoms with Crippen LogP contribution in [0.25, 0.3) is 21.8 Å². The van der Waals surface area contributed by atoms with E-state index in [9.17, 15) is 8.78 Å². The average molecular weight is 259 g/mol. The molecule has 0 radical (unpaired) electrons. The van der Waals surface area contributed by atoms with E-state index in [0.717, 1.165) is 11.0 Å². The predicted molar refractivity (Wildman–Crippen MR) is 69.1 cm³/mol. The summed E-state index contributed by atoms with van der Waals surface area (Å²) < 4.78 is 35.3. The summed E-state index contributed by atoms with van der Waals surface area (Å²) in [6, 6.07) is 9.68. The van der Waals surface area contributed by atoms with E-state index in [4.69, 9.17) is 4.74 Å². The van der Waals surface area contributed by atoms with E-state index < -0.39 is 0 Å². The summed E-state index contributed by atoms with van der Waals surface area (Å²) in [5.74, 6) is -0.772. The molecule has 1 saturated heterocycles. The second-order valence-electron chi connectivity index (χ2n) is 4.83. The Morgan fingerprint density at radius 2 is 1.53 bits per heavy atom. The molecule has 0 N–H and O–H groups in total. The standard InChI is InChI=1S/C15H11F2NO/c16-10-3-1-5-12-14(10)15-11(17)4-2-6-13(15)18(12)7-9-8-19-9/h1-6,9H,7-8H2. The Bertz CT molecular complexity index is 730. The summed E-state index contributed by atoms with van der Waals surface area (Å²) in [7, 11) is 0. The van der Waals surface area contributed by atoms with Gasteiger partial charge in [-0.15, -0.1) is 0 Å². The first-order valence-electron chi connectivity index (χ1n) is 6.22. The van der Waals surface area contributed by atoms with Crippen LogP contribution in [0, 0.1) is 11.6 Å². The second kappa shape index (κ2) is 3.78. The number of nitrogens with zero attached hydrogens (tertiary/aromatic N) is 1. The number of ether oxygens (including phenoxy) is 1. The molecule has 1 unspecified atom stereocenters. The monoisotopic (exact) mass is 259 g/mol. The van der Waals surface area contributed by atoms with Gasteiger partial charge in [0.2, 0.25) is 0 Å². The van der Waals surface area contributed by atoms with E-state index in [1.165, 1.54) is 12.1 Å². The van der Waals surface area contributed by atoms with E-state index in [1.807, 2.05) is 16.7 Å². The molecule has 96 valence electrons. The van der Waals surface area contributed by atoms with Crippen molar-refractivity contribution in [3.63, 3.8) is 0 Å². The smallest absolute Gasteiger partial charge is 0.133 e. The molecule has 1 aromatic heterocycles. The van der Waals surface area contributed by atoms with Gasteiger partial charge in [-0.25, -0.2) is 8.78 Å². The molecule has 1 atom stereocenters. The molecule has 4 heteroatoms. The van der Waals surface area contributed by atoms with E-state index in [1.54, 1.807) is 12.1 Å². The Labute approximate surface area is 108 Å². The molecule has 1 fully saturated rings. The van der Waals surface area contributed by atoms with E-state index in [0.29, 0.717) is 23.9 Å². The molecule has 0 amide bonds. The van der Waals surface area contributed by atoms with E-state index in [2.05, 4.69) is 0 Å². The normalized spacial score (nSPS) is 18.3. The fourth-order valence-electron chi connectivity index (χ4n) is 2.67. The molecule has 4 rings (SSSR count). The number of hydrogen-bond acceptors (Lipinski definition) is 1.